The number of hydrogen-bond donors (Lipinski definition) is 2. The van der Waals surface area contributed by atoms with Crippen LogP contribution in [-0.4, -0.2) is 49.6 Å². The minimum Gasteiger partial charge on any atom is -0.493 e. The van der Waals surface area contributed by atoms with Gasteiger partial charge in [-0.05, 0) is 31.4 Å². The molecule has 2 amide bonds. The minimum absolute atomic E-state index is 0.0295. The number of halogens is 1. The molecule has 0 unspecified atom stereocenters. The van der Waals surface area contributed by atoms with Gasteiger partial charge in [0.05, 0.1) is 12.1 Å². The third kappa shape index (κ3) is 4.10. The summed E-state index contributed by atoms with van der Waals surface area (Å²) in [6.07, 6.45) is 2.91. The Balaban J connectivity index is 2.28. The van der Waals surface area contributed by atoms with Gasteiger partial charge in [-0.2, -0.15) is 0 Å². The normalized spacial score (nSPS) is 17.5. The number of rotatable bonds is 6. The average molecular weight is 356 g/mol. The van der Waals surface area contributed by atoms with Crippen molar-refractivity contribution in [3.05, 3.63) is 22.7 Å². The highest BCUT2D eigenvalue weighted by atomic mass is 35.5. The van der Waals surface area contributed by atoms with Gasteiger partial charge in [-0.1, -0.05) is 11.6 Å². The van der Waals surface area contributed by atoms with Crippen LogP contribution in [-0.2, 0) is 4.79 Å². The van der Waals surface area contributed by atoms with Gasteiger partial charge >= 0.3 is 0 Å². The summed E-state index contributed by atoms with van der Waals surface area (Å²) in [4.78, 5) is 25.5. The molecule has 8 heteroatoms. The number of amides is 2. The molecule has 1 aromatic rings. The summed E-state index contributed by atoms with van der Waals surface area (Å²) >= 11 is 6.20. The zero-order valence-corrected chi connectivity index (χ0v) is 14.3. The van der Waals surface area contributed by atoms with Crippen LogP contribution >= 0.6 is 11.6 Å². The zero-order chi connectivity index (χ0) is 17.7. The number of piperidine rings is 1. The second-order valence-electron chi connectivity index (χ2n) is 5.63. The van der Waals surface area contributed by atoms with Crippen molar-refractivity contribution in [1.29, 1.82) is 0 Å². The van der Waals surface area contributed by atoms with Crippen molar-refractivity contribution in [1.82, 2.24) is 4.90 Å². The largest absolute Gasteiger partial charge is 0.493 e. The third-order valence-electron chi connectivity index (χ3n) is 4.00. The quantitative estimate of drug-likeness (QED) is 0.796. The molecule has 0 radical (unpaired) electrons. The first-order chi connectivity index (χ1) is 11.5. The van der Waals surface area contributed by atoms with Crippen LogP contribution in [0.3, 0.4) is 0 Å². The number of carbonyl (C=O) groups is 2. The summed E-state index contributed by atoms with van der Waals surface area (Å²) in [5, 5.41) is 0.181. The monoisotopic (exact) mass is 355 g/mol. The predicted octanol–water partition coefficient (Wildman–Crippen LogP) is 1.17. The molecule has 1 atom stereocenters. The van der Waals surface area contributed by atoms with E-state index in [2.05, 4.69) is 0 Å². The Kier molecular flexibility index (Phi) is 6.28. The molecule has 1 aliphatic heterocycles. The Morgan fingerprint density at radius 2 is 2.12 bits per heavy atom. The molecular formula is C16H22ClN3O4. The lowest BCUT2D eigenvalue weighted by molar-refractivity contribution is -0.119. The van der Waals surface area contributed by atoms with Crippen LogP contribution in [0.2, 0.25) is 5.02 Å². The molecule has 2 rings (SSSR count). The van der Waals surface area contributed by atoms with Gasteiger partial charge in [0.1, 0.15) is 0 Å². The fourth-order valence-corrected chi connectivity index (χ4v) is 3.07. The number of likely N-dealkylation sites (tertiary alicyclic amines) is 1. The maximum atomic E-state index is 12.8. The van der Waals surface area contributed by atoms with E-state index in [1.165, 1.54) is 13.2 Å². The molecular weight excluding hydrogens is 334 g/mol. The summed E-state index contributed by atoms with van der Waals surface area (Å²) < 4.78 is 10.5. The highest BCUT2D eigenvalue weighted by Gasteiger charge is 2.27. The molecule has 1 saturated heterocycles. The van der Waals surface area contributed by atoms with Crippen molar-refractivity contribution in [2.45, 2.75) is 25.3 Å². The molecule has 0 aromatic heterocycles. The van der Waals surface area contributed by atoms with Crippen LogP contribution in [0.15, 0.2) is 12.1 Å². The Bertz CT molecular complexity index is 624. The van der Waals surface area contributed by atoms with Crippen molar-refractivity contribution in [2.75, 3.05) is 26.8 Å². The van der Waals surface area contributed by atoms with E-state index in [0.29, 0.717) is 18.7 Å². The van der Waals surface area contributed by atoms with Gasteiger partial charge in [-0.3, -0.25) is 9.59 Å². The molecule has 1 heterocycles. The second kappa shape index (κ2) is 8.21. The smallest absolute Gasteiger partial charge is 0.255 e. The molecule has 0 aliphatic carbocycles. The van der Waals surface area contributed by atoms with E-state index in [1.807, 2.05) is 0 Å². The van der Waals surface area contributed by atoms with Gasteiger partial charge in [0.2, 0.25) is 0 Å². The molecule has 7 nitrogen and oxygen atoms in total. The van der Waals surface area contributed by atoms with Crippen LogP contribution in [0.1, 0.15) is 29.6 Å². The summed E-state index contributed by atoms with van der Waals surface area (Å²) in [6, 6.07) is 3.08. The van der Waals surface area contributed by atoms with Crippen LogP contribution in [0.4, 0.5) is 0 Å². The van der Waals surface area contributed by atoms with Gasteiger partial charge in [0.25, 0.3) is 11.8 Å². The molecule has 1 fully saturated rings. The predicted molar refractivity (Wildman–Crippen MR) is 90.4 cm³/mol. The number of nitrogens with zero attached hydrogens (tertiary/aromatic N) is 1. The molecule has 0 bridgehead atoms. The SMILES string of the molecule is COc1cc(C(=O)N2CCCC[C@H]2CN)cc(Cl)c1OCC(N)=O. The number of nitrogens with two attached hydrogens (primary N) is 2. The maximum absolute atomic E-state index is 12.8. The number of ether oxygens (including phenoxy) is 2. The van der Waals surface area contributed by atoms with Gasteiger partial charge in [-0.25, -0.2) is 0 Å². The summed E-state index contributed by atoms with van der Waals surface area (Å²) in [5.74, 6) is -0.323. The second-order valence-corrected chi connectivity index (χ2v) is 6.04. The van der Waals surface area contributed by atoms with Crippen molar-refractivity contribution < 1.29 is 19.1 Å². The number of hydrogen-bond acceptors (Lipinski definition) is 5. The number of carbonyl (C=O) groups excluding carboxylic acids is 2. The first kappa shape index (κ1) is 18.4. The third-order valence-corrected chi connectivity index (χ3v) is 4.28. The van der Waals surface area contributed by atoms with E-state index in [9.17, 15) is 9.59 Å². The van der Waals surface area contributed by atoms with E-state index in [0.717, 1.165) is 19.3 Å². The van der Waals surface area contributed by atoms with E-state index >= 15 is 0 Å². The van der Waals surface area contributed by atoms with Gasteiger partial charge in [0.15, 0.2) is 18.1 Å². The van der Waals surface area contributed by atoms with Crippen LogP contribution < -0.4 is 20.9 Å². The van der Waals surface area contributed by atoms with Crippen LogP contribution in [0.25, 0.3) is 0 Å². The Labute approximate surface area is 145 Å². The molecule has 0 spiro atoms. The lowest BCUT2D eigenvalue weighted by Gasteiger charge is -2.35. The maximum Gasteiger partial charge on any atom is 0.255 e. The Hall–Kier alpha value is -1.99. The standard InChI is InChI=1S/C16H22ClN3O4/c1-23-13-7-10(6-12(17)15(13)24-9-14(19)21)16(22)20-5-3-2-4-11(20)8-18/h6-7,11H,2-5,8-9,18H2,1H3,(H2,19,21)/t11-/m0/s1. The number of primary amides is 1. The van der Waals surface area contributed by atoms with Gasteiger partial charge < -0.3 is 25.8 Å². The van der Waals surface area contributed by atoms with E-state index in [1.54, 1.807) is 11.0 Å². The van der Waals surface area contributed by atoms with Crippen molar-refractivity contribution in [3.8, 4) is 11.5 Å². The fourth-order valence-electron chi connectivity index (χ4n) is 2.81. The molecule has 0 saturated carbocycles. The summed E-state index contributed by atoms with van der Waals surface area (Å²) in [5.41, 5.74) is 11.2. The summed E-state index contributed by atoms with van der Waals surface area (Å²) in [7, 11) is 1.43. The Morgan fingerprint density at radius 3 is 2.75 bits per heavy atom. The molecule has 1 aromatic carbocycles. The van der Waals surface area contributed by atoms with Gasteiger partial charge in [0, 0.05) is 24.7 Å². The topological polar surface area (TPSA) is 108 Å². The highest BCUT2D eigenvalue weighted by molar-refractivity contribution is 6.32. The lowest BCUT2D eigenvalue weighted by atomic mass is 10.0. The van der Waals surface area contributed by atoms with E-state index in [4.69, 9.17) is 32.5 Å². The van der Waals surface area contributed by atoms with Crippen molar-refractivity contribution in [3.63, 3.8) is 0 Å². The number of benzene rings is 1. The van der Waals surface area contributed by atoms with Crippen LogP contribution in [0.5, 0.6) is 11.5 Å². The molecule has 132 valence electrons. The first-order valence-corrected chi connectivity index (χ1v) is 8.15. The minimum atomic E-state index is -0.632. The molecule has 1 aliphatic rings. The Morgan fingerprint density at radius 1 is 1.38 bits per heavy atom. The average Bonchev–Trinajstić information content (AvgIpc) is 2.59. The fraction of sp³-hybridized carbons (Fsp3) is 0.500. The summed E-state index contributed by atoms with van der Waals surface area (Å²) in [6.45, 7) is 0.766. The van der Waals surface area contributed by atoms with Gasteiger partial charge in [-0.15, -0.1) is 0 Å². The highest BCUT2D eigenvalue weighted by Crippen LogP contribution is 2.37. The number of methoxy groups -OCH3 is 1. The zero-order valence-electron chi connectivity index (χ0n) is 13.6. The molecule has 4 N–H and O–H groups in total. The lowest BCUT2D eigenvalue weighted by Crippen LogP contribution is -2.47. The van der Waals surface area contributed by atoms with Crippen LogP contribution in [0, 0.1) is 0 Å². The van der Waals surface area contributed by atoms with Crippen molar-refractivity contribution >= 4 is 23.4 Å². The molecule has 24 heavy (non-hydrogen) atoms. The first-order valence-electron chi connectivity index (χ1n) is 7.77. The van der Waals surface area contributed by atoms with Crippen molar-refractivity contribution in [2.24, 2.45) is 11.5 Å². The van der Waals surface area contributed by atoms with E-state index < -0.39 is 5.91 Å². The van der Waals surface area contributed by atoms with E-state index in [-0.39, 0.29) is 35.1 Å².